The third-order valence-corrected chi connectivity index (χ3v) is 2.65. The van der Waals surface area contributed by atoms with Crippen LogP contribution in [0, 0.1) is 11.6 Å². The maximum absolute atomic E-state index is 13.6. The molecule has 0 bridgehead atoms. The van der Waals surface area contributed by atoms with Crippen LogP contribution >= 0.6 is 0 Å². The molecule has 0 saturated carbocycles. The van der Waals surface area contributed by atoms with Crippen molar-refractivity contribution in [2.75, 3.05) is 6.54 Å². The van der Waals surface area contributed by atoms with Crippen molar-refractivity contribution in [2.24, 2.45) is 0 Å². The molecule has 0 spiro atoms. The van der Waals surface area contributed by atoms with Crippen LogP contribution in [0.15, 0.2) is 24.5 Å². The Morgan fingerprint density at radius 1 is 1.39 bits per heavy atom. The van der Waals surface area contributed by atoms with E-state index < -0.39 is 11.6 Å². The standard InChI is InChI=1S/C12H14F2N4/c1-2-15-11(12-16-7-17-18-12)6-8-5-9(13)3-4-10(8)14/h3-5,7,11,15H,2,6H2,1H3,(H,16,17,18). The van der Waals surface area contributed by atoms with Crippen molar-refractivity contribution < 1.29 is 8.78 Å². The van der Waals surface area contributed by atoms with Crippen molar-refractivity contribution in [2.45, 2.75) is 19.4 Å². The molecule has 0 aliphatic heterocycles. The van der Waals surface area contributed by atoms with Gasteiger partial charge in [-0.25, -0.2) is 13.8 Å². The van der Waals surface area contributed by atoms with Gasteiger partial charge >= 0.3 is 0 Å². The first-order chi connectivity index (χ1) is 8.70. The van der Waals surface area contributed by atoms with Gasteiger partial charge in [-0.2, -0.15) is 5.10 Å². The third kappa shape index (κ3) is 2.89. The molecular formula is C12H14F2N4. The van der Waals surface area contributed by atoms with Gasteiger partial charge in [0.1, 0.15) is 23.8 Å². The molecule has 0 aliphatic rings. The number of nitrogens with zero attached hydrogens (tertiary/aromatic N) is 2. The average Bonchev–Trinajstić information content (AvgIpc) is 2.87. The van der Waals surface area contributed by atoms with Crippen molar-refractivity contribution in [3.63, 3.8) is 0 Å². The first kappa shape index (κ1) is 12.6. The molecule has 1 atom stereocenters. The summed E-state index contributed by atoms with van der Waals surface area (Å²) in [5, 5.41) is 9.66. The molecule has 1 heterocycles. The zero-order valence-corrected chi connectivity index (χ0v) is 9.95. The van der Waals surface area contributed by atoms with Gasteiger partial charge in [0.15, 0.2) is 0 Å². The smallest absolute Gasteiger partial charge is 0.141 e. The summed E-state index contributed by atoms with van der Waals surface area (Å²) in [6.45, 7) is 2.63. The van der Waals surface area contributed by atoms with Gasteiger partial charge in [-0.15, -0.1) is 0 Å². The topological polar surface area (TPSA) is 53.6 Å². The number of hydrogen-bond acceptors (Lipinski definition) is 3. The maximum Gasteiger partial charge on any atom is 0.141 e. The highest BCUT2D eigenvalue weighted by Crippen LogP contribution is 2.18. The highest BCUT2D eigenvalue weighted by atomic mass is 19.1. The lowest BCUT2D eigenvalue weighted by Crippen LogP contribution is -2.24. The van der Waals surface area contributed by atoms with Gasteiger partial charge in [0.25, 0.3) is 0 Å². The second kappa shape index (κ2) is 5.68. The Morgan fingerprint density at radius 2 is 2.22 bits per heavy atom. The van der Waals surface area contributed by atoms with E-state index in [2.05, 4.69) is 20.5 Å². The van der Waals surface area contributed by atoms with Crippen molar-refractivity contribution in [3.05, 3.63) is 47.5 Å². The minimum absolute atomic E-state index is 0.214. The summed E-state index contributed by atoms with van der Waals surface area (Å²) >= 11 is 0. The number of aromatic nitrogens is 3. The molecule has 2 rings (SSSR count). The number of rotatable bonds is 5. The summed E-state index contributed by atoms with van der Waals surface area (Å²) < 4.78 is 26.7. The largest absolute Gasteiger partial charge is 0.307 e. The van der Waals surface area contributed by atoms with Crippen LogP contribution in [0.5, 0.6) is 0 Å². The first-order valence-electron chi connectivity index (χ1n) is 5.73. The number of aromatic amines is 1. The Balaban J connectivity index is 2.21. The Hall–Kier alpha value is -1.82. The Labute approximate surface area is 103 Å². The molecule has 2 aromatic rings. The summed E-state index contributed by atoms with van der Waals surface area (Å²) in [4.78, 5) is 4.04. The van der Waals surface area contributed by atoms with Gasteiger partial charge in [-0.3, -0.25) is 5.10 Å². The lowest BCUT2D eigenvalue weighted by molar-refractivity contribution is 0.503. The number of halogens is 2. The van der Waals surface area contributed by atoms with Crippen molar-refractivity contribution >= 4 is 0 Å². The fourth-order valence-corrected chi connectivity index (χ4v) is 1.81. The molecule has 1 aromatic heterocycles. The van der Waals surface area contributed by atoms with E-state index in [0.717, 1.165) is 12.1 Å². The normalized spacial score (nSPS) is 12.6. The minimum Gasteiger partial charge on any atom is -0.307 e. The third-order valence-electron chi connectivity index (χ3n) is 2.65. The molecule has 0 fully saturated rings. The van der Waals surface area contributed by atoms with E-state index in [4.69, 9.17) is 0 Å². The molecule has 2 N–H and O–H groups in total. The molecular weight excluding hydrogens is 238 g/mol. The van der Waals surface area contributed by atoms with Crippen LogP contribution in [0.2, 0.25) is 0 Å². The van der Waals surface area contributed by atoms with E-state index in [1.807, 2.05) is 6.92 Å². The molecule has 96 valence electrons. The Kier molecular flexibility index (Phi) is 3.99. The van der Waals surface area contributed by atoms with Crippen LogP contribution in [0.4, 0.5) is 8.78 Å². The highest BCUT2D eigenvalue weighted by Gasteiger charge is 2.16. The fourth-order valence-electron chi connectivity index (χ4n) is 1.81. The summed E-state index contributed by atoms with van der Waals surface area (Å²) in [6.07, 6.45) is 1.70. The summed E-state index contributed by atoms with van der Waals surface area (Å²) in [5.74, 6) is -0.251. The summed E-state index contributed by atoms with van der Waals surface area (Å²) in [5.41, 5.74) is 0.317. The van der Waals surface area contributed by atoms with Crippen LogP contribution < -0.4 is 5.32 Å². The van der Waals surface area contributed by atoms with Gasteiger partial charge in [-0.05, 0) is 36.7 Å². The lowest BCUT2D eigenvalue weighted by atomic mass is 10.0. The molecule has 1 aromatic carbocycles. The highest BCUT2D eigenvalue weighted by molar-refractivity contribution is 5.20. The lowest BCUT2D eigenvalue weighted by Gasteiger charge is -2.15. The molecule has 6 heteroatoms. The first-order valence-corrected chi connectivity index (χ1v) is 5.73. The Bertz CT molecular complexity index is 499. The zero-order chi connectivity index (χ0) is 13.0. The SMILES string of the molecule is CCNC(Cc1cc(F)ccc1F)c1ncn[nH]1. The quantitative estimate of drug-likeness (QED) is 0.855. The number of nitrogens with one attached hydrogen (secondary N) is 2. The molecule has 0 radical (unpaired) electrons. The van der Waals surface area contributed by atoms with Crippen LogP contribution in [-0.4, -0.2) is 21.7 Å². The number of hydrogen-bond donors (Lipinski definition) is 2. The predicted molar refractivity (Wildman–Crippen MR) is 62.9 cm³/mol. The van der Waals surface area contributed by atoms with Crippen LogP contribution in [0.3, 0.4) is 0 Å². The van der Waals surface area contributed by atoms with Crippen molar-refractivity contribution in [1.82, 2.24) is 20.5 Å². The second-order valence-electron chi connectivity index (χ2n) is 3.92. The Morgan fingerprint density at radius 3 is 2.89 bits per heavy atom. The van der Waals surface area contributed by atoms with Gasteiger partial charge in [-0.1, -0.05) is 6.92 Å². The van der Waals surface area contributed by atoms with Crippen molar-refractivity contribution in [1.29, 1.82) is 0 Å². The molecule has 0 saturated heterocycles. The summed E-state index contributed by atoms with van der Waals surface area (Å²) in [7, 11) is 0. The number of H-pyrrole nitrogens is 1. The molecule has 0 amide bonds. The van der Waals surface area contributed by atoms with Crippen molar-refractivity contribution in [3.8, 4) is 0 Å². The predicted octanol–water partition coefficient (Wildman–Crippen LogP) is 1.98. The number of likely N-dealkylation sites (N-methyl/N-ethyl adjacent to an activating group) is 1. The zero-order valence-electron chi connectivity index (χ0n) is 9.95. The van der Waals surface area contributed by atoms with Crippen LogP contribution in [0.25, 0.3) is 0 Å². The van der Waals surface area contributed by atoms with Crippen LogP contribution in [-0.2, 0) is 6.42 Å². The van der Waals surface area contributed by atoms with Gasteiger partial charge in [0, 0.05) is 0 Å². The molecule has 1 unspecified atom stereocenters. The van der Waals surface area contributed by atoms with E-state index in [0.29, 0.717) is 24.4 Å². The second-order valence-corrected chi connectivity index (χ2v) is 3.92. The van der Waals surface area contributed by atoms with E-state index in [9.17, 15) is 8.78 Å². The van der Waals surface area contributed by atoms with E-state index in [1.54, 1.807) is 0 Å². The molecule has 0 aliphatic carbocycles. The number of benzene rings is 1. The average molecular weight is 252 g/mol. The van der Waals surface area contributed by atoms with E-state index in [1.165, 1.54) is 12.4 Å². The van der Waals surface area contributed by atoms with Crippen LogP contribution in [0.1, 0.15) is 24.4 Å². The van der Waals surface area contributed by atoms with Gasteiger partial charge in [0.2, 0.25) is 0 Å². The van der Waals surface area contributed by atoms with E-state index >= 15 is 0 Å². The summed E-state index contributed by atoms with van der Waals surface area (Å²) in [6, 6.07) is 3.23. The monoisotopic (exact) mass is 252 g/mol. The minimum atomic E-state index is -0.445. The van der Waals surface area contributed by atoms with E-state index in [-0.39, 0.29) is 6.04 Å². The molecule has 18 heavy (non-hydrogen) atoms. The fraction of sp³-hybridized carbons (Fsp3) is 0.333. The molecule has 4 nitrogen and oxygen atoms in total. The van der Waals surface area contributed by atoms with Gasteiger partial charge in [0.05, 0.1) is 6.04 Å². The van der Waals surface area contributed by atoms with Gasteiger partial charge < -0.3 is 5.32 Å². The maximum atomic E-state index is 13.6.